The average Bonchev–Trinajstić information content (AvgIpc) is 2.62. The van der Waals surface area contributed by atoms with Gasteiger partial charge in [-0.15, -0.1) is 0 Å². The van der Waals surface area contributed by atoms with Gasteiger partial charge in [-0.1, -0.05) is 53.5 Å². The minimum atomic E-state index is -0.518. The molecule has 0 radical (unpaired) electrons. The summed E-state index contributed by atoms with van der Waals surface area (Å²) in [7, 11) is 1.29. The number of hydrogen-bond acceptors (Lipinski definition) is 4. The number of halogens is 2. The number of ketones is 1. The molecule has 0 unspecified atom stereocenters. The zero-order chi connectivity index (χ0) is 18.4. The molecule has 0 aliphatic heterocycles. The molecule has 2 aromatic rings. The van der Waals surface area contributed by atoms with Gasteiger partial charge >= 0.3 is 5.97 Å². The molecular weight excluding hydrogens is 361 g/mol. The smallest absolute Gasteiger partial charge is 0.309 e. The highest BCUT2D eigenvalue weighted by Crippen LogP contribution is 2.33. The lowest BCUT2D eigenvalue weighted by Gasteiger charge is -2.13. The zero-order valence-corrected chi connectivity index (χ0v) is 15.3. The van der Waals surface area contributed by atoms with E-state index in [4.69, 9.17) is 28.9 Å². The Kier molecular flexibility index (Phi) is 7.00. The third kappa shape index (κ3) is 4.82. The first-order chi connectivity index (χ1) is 12.0. The molecule has 0 heterocycles. The fourth-order valence-corrected chi connectivity index (χ4v) is 3.26. The molecule has 4 nitrogen and oxygen atoms in total. The lowest BCUT2D eigenvalue weighted by atomic mass is 9.97. The number of benzene rings is 2. The van der Waals surface area contributed by atoms with Crippen LogP contribution in [0.25, 0.3) is 11.1 Å². The van der Waals surface area contributed by atoms with Crippen LogP contribution in [0.5, 0.6) is 0 Å². The van der Waals surface area contributed by atoms with Gasteiger partial charge in [0.05, 0.1) is 28.6 Å². The first kappa shape index (κ1) is 19.4. The highest BCUT2D eigenvalue weighted by Gasteiger charge is 2.22. The van der Waals surface area contributed by atoms with Crippen molar-refractivity contribution in [1.82, 2.24) is 0 Å². The van der Waals surface area contributed by atoms with Gasteiger partial charge in [-0.05, 0) is 29.7 Å². The first-order valence-electron chi connectivity index (χ1n) is 7.83. The Hall–Kier alpha value is -1.88. The van der Waals surface area contributed by atoms with Crippen molar-refractivity contribution in [3.05, 3.63) is 58.1 Å². The molecule has 6 heteroatoms. The van der Waals surface area contributed by atoms with Crippen LogP contribution >= 0.6 is 23.2 Å². The number of methoxy groups -OCH3 is 1. The van der Waals surface area contributed by atoms with Crippen molar-refractivity contribution in [1.29, 1.82) is 0 Å². The summed E-state index contributed by atoms with van der Waals surface area (Å²) < 4.78 is 4.67. The Morgan fingerprint density at radius 3 is 2.20 bits per heavy atom. The fraction of sp³-hybridized carbons (Fsp3) is 0.263. The Balaban J connectivity index is 2.19. The molecule has 0 spiro atoms. The second kappa shape index (κ2) is 8.99. The summed E-state index contributed by atoms with van der Waals surface area (Å²) in [5, 5.41) is 0.581. The molecule has 2 aromatic carbocycles. The molecule has 0 saturated carbocycles. The molecule has 0 aromatic heterocycles. The van der Waals surface area contributed by atoms with Crippen molar-refractivity contribution in [3.8, 4) is 11.1 Å². The van der Waals surface area contributed by atoms with Gasteiger partial charge in [0.15, 0.2) is 5.78 Å². The molecule has 25 heavy (non-hydrogen) atoms. The Bertz CT molecular complexity index is 740. The summed E-state index contributed by atoms with van der Waals surface area (Å²) >= 11 is 12.6. The van der Waals surface area contributed by atoms with E-state index in [9.17, 15) is 9.59 Å². The second-order valence-electron chi connectivity index (χ2n) is 5.60. The van der Waals surface area contributed by atoms with E-state index in [1.165, 1.54) is 7.11 Å². The van der Waals surface area contributed by atoms with Crippen molar-refractivity contribution in [2.24, 2.45) is 11.7 Å². The third-order valence-electron chi connectivity index (χ3n) is 3.97. The Labute approximate surface area is 156 Å². The maximum absolute atomic E-state index is 12.5. The monoisotopic (exact) mass is 379 g/mol. The highest BCUT2D eigenvalue weighted by molar-refractivity contribution is 6.40. The van der Waals surface area contributed by atoms with Crippen LogP contribution < -0.4 is 5.73 Å². The van der Waals surface area contributed by atoms with Crippen LogP contribution in [0.15, 0.2) is 42.5 Å². The fourth-order valence-electron chi connectivity index (χ4n) is 2.57. The van der Waals surface area contributed by atoms with Crippen LogP contribution in [0.3, 0.4) is 0 Å². The molecule has 2 N–H and O–H groups in total. The van der Waals surface area contributed by atoms with Crippen LogP contribution in [-0.2, 0) is 9.53 Å². The van der Waals surface area contributed by atoms with Crippen molar-refractivity contribution in [3.63, 3.8) is 0 Å². The lowest BCUT2D eigenvalue weighted by Crippen LogP contribution is -2.25. The van der Waals surface area contributed by atoms with Gasteiger partial charge < -0.3 is 10.5 Å². The van der Waals surface area contributed by atoms with Crippen LogP contribution in [0.2, 0.25) is 10.0 Å². The van der Waals surface area contributed by atoms with Gasteiger partial charge in [0.25, 0.3) is 0 Å². The number of nitrogens with two attached hydrogens (primary N) is 1. The van der Waals surface area contributed by atoms with Crippen LogP contribution in [-0.4, -0.2) is 25.4 Å². The van der Waals surface area contributed by atoms with Crippen molar-refractivity contribution in [2.75, 3.05) is 13.7 Å². The lowest BCUT2D eigenvalue weighted by molar-refractivity contribution is -0.145. The summed E-state index contributed by atoms with van der Waals surface area (Å²) in [4.78, 5) is 24.1. The molecule has 132 valence electrons. The van der Waals surface area contributed by atoms with E-state index >= 15 is 0 Å². The summed E-state index contributed by atoms with van der Waals surface area (Å²) in [5.74, 6) is -1.17. The van der Waals surface area contributed by atoms with E-state index < -0.39 is 11.9 Å². The van der Waals surface area contributed by atoms with E-state index in [-0.39, 0.29) is 30.7 Å². The van der Waals surface area contributed by atoms with E-state index in [1.807, 2.05) is 30.3 Å². The predicted molar refractivity (Wildman–Crippen MR) is 100 cm³/mol. The maximum atomic E-state index is 12.5. The SMILES string of the molecule is COC(=O)[C@H](CN)CCC(=O)c1c(Cl)cc(-c2ccccc2)cc1Cl. The van der Waals surface area contributed by atoms with E-state index in [0.717, 1.165) is 11.1 Å². The minimum Gasteiger partial charge on any atom is -0.469 e. The average molecular weight is 380 g/mol. The normalized spacial score (nSPS) is 11.8. The second-order valence-corrected chi connectivity index (χ2v) is 6.41. The van der Waals surface area contributed by atoms with E-state index in [1.54, 1.807) is 12.1 Å². The molecular formula is C19H19Cl2NO3. The topological polar surface area (TPSA) is 69.4 Å². The summed E-state index contributed by atoms with van der Waals surface area (Å²) in [6.07, 6.45) is 0.399. The summed E-state index contributed by atoms with van der Waals surface area (Å²) in [5.41, 5.74) is 7.61. The van der Waals surface area contributed by atoms with Gasteiger partial charge in [0, 0.05) is 13.0 Å². The number of Topliss-reactive ketones (excluding diaryl/α,β-unsaturated/α-hetero) is 1. The van der Waals surface area contributed by atoms with Crippen LogP contribution in [0.4, 0.5) is 0 Å². The third-order valence-corrected chi connectivity index (χ3v) is 4.56. The first-order valence-corrected chi connectivity index (χ1v) is 8.59. The maximum Gasteiger partial charge on any atom is 0.309 e. The van der Waals surface area contributed by atoms with Crippen molar-refractivity contribution < 1.29 is 14.3 Å². The summed E-state index contributed by atoms with van der Waals surface area (Å²) in [6, 6.07) is 13.1. The molecule has 1 atom stereocenters. The standard InChI is InChI=1S/C19H19Cl2NO3/c1-25-19(24)13(11-22)7-8-17(23)18-15(20)9-14(10-16(18)21)12-5-3-2-4-6-12/h2-6,9-10,13H,7-8,11,22H2,1H3/t13-/m0/s1. The van der Waals surface area contributed by atoms with Crippen molar-refractivity contribution >= 4 is 35.0 Å². The number of hydrogen-bond donors (Lipinski definition) is 1. The number of esters is 1. The molecule has 0 amide bonds. The summed E-state index contributed by atoms with van der Waals surface area (Å²) in [6.45, 7) is 0.119. The van der Waals surface area contributed by atoms with Gasteiger partial charge in [0.2, 0.25) is 0 Å². The minimum absolute atomic E-state index is 0.112. The molecule has 0 fully saturated rings. The number of ether oxygens (including phenoxy) is 1. The molecule has 0 saturated heterocycles. The molecule has 2 rings (SSSR count). The number of rotatable bonds is 7. The number of carbonyl (C=O) groups is 2. The van der Waals surface area contributed by atoms with Gasteiger partial charge in [-0.3, -0.25) is 9.59 Å². The molecule has 0 bridgehead atoms. The van der Waals surface area contributed by atoms with Gasteiger partial charge in [-0.25, -0.2) is 0 Å². The largest absolute Gasteiger partial charge is 0.469 e. The molecule has 0 aliphatic carbocycles. The Morgan fingerprint density at radius 1 is 1.08 bits per heavy atom. The van der Waals surface area contributed by atoms with Gasteiger partial charge in [0.1, 0.15) is 0 Å². The zero-order valence-electron chi connectivity index (χ0n) is 13.8. The van der Waals surface area contributed by atoms with E-state index in [2.05, 4.69) is 4.74 Å². The number of carbonyl (C=O) groups excluding carboxylic acids is 2. The van der Waals surface area contributed by atoms with Crippen molar-refractivity contribution in [2.45, 2.75) is 12.8 Å². The highest BCUT2D eigenvalue weighted by atomic mass is 35.5. The van der Waals surface area contributed by atoms with Gasteiger partial charge in [-0.2, -0.15) is 0 Å². The predicted octanol–water partition coefficient (Wildman–Crippen LogP) is 4.37. The van der Waals surface area contributed by atoms with Crippen LogP contribution in [0.1, 0.15) is 23.2 Å². The van der Waals surface area contributed by atoms with Crippen LogP contribution in [0, 0.1) is 5.92 Å². The van der Waals surface area contributed by atoms with E-state index in [0.29, 0.717) is 10.0 Å². The Morgan fingerprint density at radius 2 is 1.68 bits per heavy atom. The quantitative estimate of drug-likeness (QED) is 0.572. The molecule has 0 aliphatic rings.